The fourth-order valence-electron chi connectivity index (χ4n) is 3.47. The van der Waals surface area contributed by atoms with Gasteiger partial charge in [0.2, 0.25) is 0 Å². The highest BCUT2D eigenvalue weighted by Gasteiger charge is 2.14. The number of rotatable bonds is 5. The lowest BCUT2D eigenvalue weighted by molar-refractivity contribution is 0.0953. The van der Waals surface area contributed by atoms with Gasteiger partial charge >= 0.3 is 0 Å². The van der Waals surface area contributed by atoms with Crippen LogP contribution in [0.1, 0.15) is 41.9 Å². The normalized spacial score (nSPS) is 14.8. The molecule has 3 heterocycles. The maximum atomic E-state index is 13.3. The third-order valence-electron chi connectivity index (χ3n) is 4.96. The zero-order chi connectivity index (χ0) is 19.3. The minimum Gasteiger partial charge on any atom is -0.355 e. The largest absolute Gasteiger partial charge is 0.355 e. The van der Waals surface area contributed by atoms with Crippen LogP contribution in [0.5, 0.6) is 0 Å². The molecule has 0 saturated carbocycles. The third-order valence-corrected chi connectivity index (χ3v) is 4.96. The number of anilines is 1. The molecule has 0 unspecified atom stereocenters. The van der Waals surface area contributed by atoms with Crippen molar-refractivity contribution < 1.29 is 9.18 Å². The van der Waals surface area contributed by atoms with Gasteiger partial charge in [-0.2, -0.15) is 4.52 Å². The highest BCUT2D eigenvalue weighted by molar-refractivity contribution is 5.94. The summed E-state index contributed by atoms with van der Waals surface area (Å²) in [6.07, 6.45) is 5.38. The Labute approximate surface area is 162 Å². The molecule has 7 nitrogen and oxygen atoms in total. The van der Waals surface area contributed by atoms with Gasteiger partial charge in [0.1, 0.15) is 11.6 Å². The summed E-state index contributed by atoms with van der Waals surface area (Å²) in [5.74, 6) is 0.873. The van der Waals surface area contributed by atoms with E-state index in [1.165, 1.54) is 43.9 Å². The number of halogens is 1. The van der Waals surface area contributed by atoms with Crippen molar-refractivity contribution >= 4 is 17.4 Å². The van der Waals surface area contributed by atoms with Crippen molar-refractivity contribution in [3.63, 3.8) is 0 Å². The number of carbonyl (C=O) groups is 1. The maximum absolute atomic E-state index is 13.3. The summed E-state index contributed by atoms with van der Waals surface area (Å²) in [5.41, 5.74) is 0.984. The number of hydrogen-bond acceptors (Lipinski definition) is 5. The van der Waals surface area contributed by atoms with E-state index in [9.17, 15) is 9.18 Å². The van der Waals surface area contributed by atoms with Gasteiger partial charge in [0.05, 0.1) is 0 Å². The van der Waals surface area contributed by atoms with Crippen molar-refractivity contribution in [3.8, 4) is 0 Å². The molecule has 4 rings (SSSR count). The molecule has 1 amide bonds. The average molecular weight is 382 g/mol. The van der Waals surface area contributed by atoms with Crippen LogP contribution in [-0.4, -0.2) is 45.4 Å². The molecule has 28 heavy (non-hydrogen) atoms. The smallest absolute Gasteiger partial charge is 0.251 e. The van der Waals surface area contributed by atoms with Gasteiger partial charge < -0.3 is 10.2 Å². The highest BCUT2D eigenvalue weighted by atomic mass is 19.1. The quantitative estimate of drug-likeness (QED) is 0.734. The molecule has 1 aliphatic heterocycles. The van der Waals surface area contributed by atoms with E-state index in [1.54, 1.807) is 10.6 Å². The number of carbonyl (C=O) groups excluding carboxylic acids is 1. The van der Waals surface area contributed by atoms with Crippen LogP contribution >= 0.6 is 0 Å². The van der Waals surface area contributed by atoms with E-state index >= 15 is 0 Å². The fraction of sp³-hybridized carbons (Fsp3) is 0.400. The van der Waals surface area contributed by atoms with Crippen molar-refractivity contribution in [2.45, 2.75) is 32.1 Å². The number of hydrogen-bond donors (Lipinski definition) is 1. The SMILES string of the molecule is O=C(NCCc1nnc2ccc(N3CCCCCC3)nn12)c1cccc(F)c1. The predicted molar refractivity (Wildman–Crippen MR) is 104 cm³/mol. The summed E-state index contributed by atoms with van der Waals surface area (Å²) >= 11 is 0. The Bertz CT molecular complexity index is 964. The molecular formula is C20H23FN6O. The number of nitrogens with one attached hydrogen (secondary N) is 1. The third kappa shape index (κ3) is 4.11. The van der Waals surface area contributed by atoms with E-state index < -0.39 is 5.82 Å². The summed E-state index contributed by atoms with van der Waals surface area (Å²) < 4.78 is 15.0. The molecule has 2 aromatic heterocycles. The van der Waals surface area contributed by atoms with Crippen LogP contribution in [0.25, 0.3) is 5.65 Å². The Morgan fingerprint density at radius 3 is 2.68 bits per heavy atom. The van der Waals surface area contributed by atoms with Gasteiger partial charge in [0, 0.05) is 31.6 Å². The molecular weight excluding hydrogens is 359 g/mol. The zero-order valence-electron chi connectivity index (χ0n) is 15.6. The van der Waals surface area contributed by atoms with E-state index in [4.69, 9.17) is 5.10 Å². The van der Waals surface area contributed by atoms with Crippen LogP contribution in [0.4, 0.5) is 10.2 Å². The van der Waals surface area contributed by atoms with Crippen molar-refractivity contribution in [1.29, 1.82) is 0 Å². The molecule has 0 radical (unpaired) electrons. The first-order chi connectivity index (χ1) is 13.7. The van der Waals surface area contributed by atoms with Crippen molar-refractivity contribution in [1.82, 2.24) is 25.1 Å². The molecule has 0 spiro atoms. The second-order valence-electron chi connectivity index (χ2n) is 7.00. The maximum Gasteiger partial charge on any atom is 0.251 e. The Hall–Kier alpha value is -3.03. The zero-order valence-corrected chi connectivity index (χ0v) is 15.6. The summed E-state index contributed by atoms with van der Waals surface area (Å²) in [6, 6.07) is 9.55. The first kappa shape index (κ1) is 18.3. The molecule has 1 N–H and O–H groups in total. The number of aromatic nitrogens is 4. The van der Waals surface area contributed by atoms with Crippen molar-refractivity contribution in [3.05, 3.63) is 53.6 Å². The molecule has 146 valence electrons. The molecule has 1 saturated heterocycles. The van der Waals surface area contributed by atoms with Gasteiger partial charge in [0.25, 0.3) is 5.91 Å². The molecule has 1 aliphatic rings. The predicted octanol–water partition coefficient (Wildman–Crippen LogP) is 2.62. The van der Waals surface area contributed by atoms with E-state index in [0.717, 1.165) is 18.9 Å². The van der Waals surface area contributed by atoms with Gasteiger partial charge in [0.15, 0.2) is 11.5 Å². The Kier molecular flexibility index (Phi) is 5.45. The Morgan fingerprint density at radius 1 is 1.07 bits per heavy atom. The van der Waals surface area contributed by atoms with E-state index in [1.807, 2.05) is 12.1 Å². The second kappa shape index (κ2) is 8.33. The molecule has 1 aromatic carbocycles. The van der Waals surface area contributed by atoms with Crippen LogP contribution in [0.15, 0.2) is 36.4 Å². The molecule has 1 fully saturated rings. The van der Waals surface area contributed by atoms with Crippen LogP contribution in [0, 0.1) is 5.82 Å². The summed E-state index contributed by atoms with van der Waals surface area (Å²) in [5, 5.41) is 15.9. The van der Waals surface area contributed by atoms with Crippen LogP contribution in [-0.2, 0) is 6.42 Å². The van der Waals surface area contributed by atoms with Crippen LogP contribution < -0.4 is 10.2 Å². The van der Waals surface area contributed by atoms with Crippen molar-refractivity contribution in [2.75, 3.05) is 24.5 Å². The number of nitrogens with zero attached hydrogens (tertiary/aromatic N) is 5. The average Bonchev–Trinajstić information content (AvgIpc) is 2.92. The molecule has 8 heteroatoms. The summed E-state index contributed by atoms with van der Waals surface area (Å²) in [4.78, 5) is 14.4. The van der Waals surface area contributed by atoms with Crippen LogP contribution in [0.2, 0.25) is 0 Å². The first-order valence-corrected chi connectivity index (χ1v) is 9.71. The van der Waals surface area contributed by atoms with E-state index in [2.05, 4.69) is 20.4 Å². The topological polar surface area (TPSA) is 75.4 Å². The standard InChI is InChI=1S/C20H23FN6O/c21-16-7-5-6-15(14-16)20(28)22-11-10-18-24-23-17-8-9-19(25-27(17)18)26-12-3-1-2-4-13-26/h5-9,14H,1-4,10-13H2,(H,22,28). The van der Waals surface area contributed by atoms with Crippen molar-refractivity contribution in [2.24, 2.45) is 0 Å². The number of amides is 1. The first-order valence-electron chi connectivity index (χ1n) is 9.71. The fourth-order valence-corrected chi connectivity index (χ4v) is 3.47. The highest BCUT2D eigenvalue weighted by Crippen LogP contribution is 2.18. The summed E-state index contributed by atoms with van der Waals surface area (Å²) in [7, 11) is 0. The second-order valence-corrected chi connectivity index (χ2v) is 7.00. The van der Waals surface area contributed by atoms with E-state index in [-0.39, 0.29) is 5.91 Å². The number of fused-ring (bicyclic) bond motifs is 1. The molecule has 0 atom stereocenters. The lowest BCUT2D eigenvalue weighted by Gasteiger charge is -2.21. The van der Waals surface area contributed by atoms with Gasteiger partial charge in [-0.05, 0) is 43.2 Å². The van der Waals surface area contributed by atoms with Gasteiger partial charge in [-0.1, -0.05) is 18.9 Å². The van der Waals surface area contributed by atoms with Gasteiger partial charge in [-0.3, -0.25) is 4.79 Å². The van der Waals surface area contributed by atoms with Crippen LogP contribution in [0.3, 0.4) is 0 Å². The monoisotopic (exact) mass is 382 g/mol. The lowest BCUT2D eigenvalue weighted by atomic mass is 10.2. The van der Waals surface area contributed by atoms with Gasteiger partial charge in [-0.25, -0.2) is 4.39 Å². The van der Waals surface area contributed by atoms with E-state index in [0.29, 0.717) is 30.0 Å². The lowest BCUT2D eigenvalue weighted by Crippen LogP contribution is -2.27. The molecule has 0 aliphatic carbocycles. The molecule has 0 bridgehead atoms. The minimum atomic E-state index is -0.429. The minimum absolute atomic E-state index is 0.299. The Morgan fingerprint density at radius 2 is 1.89 bits per heavy atom. The summed E-state index contributed by atoms with van der Waals surface area (Å²) in [6.45, 7) is 2.39. The Balaban J connectivity index is 1.43. The number of benzene rings is 1. The van der Waals surface area contributed by atoms with Gasteiger partial charge in [-0.15, -0.1) is 15.3 Å². The molecule has 3 aromatic rings.